The van der Waals surface area contributed by atoms with Gasteiger partial charge in [-0.2, -0.15) is 0 Å². The second-order valence-corrected chi connectivity index (χ2v) is 5.12. The van der Waals surface area contributed by atoms with Crippen molar-refractivity contribution in [2.75, 3.05) is 32.8 Å². The second-order valence-electron chi connectivity index (χ2n) is 5.12. The molecular weight excluding hydrogens is 250 g/mol. The maximum Gasteiger partial charge on any atom is 0.120 e. The lowest BCUT2D eigenvalue weighted by atomic mass is 10.2. The van der Waals surface area contributed by atoms with Crippen molar-refractivity contribution < 1.29 is 9.84 Å². The van der Waals surface area contributed by atoms with Crippen LogP contribution in [-0.2, 0) is 0 Å². The largest absolute Gasteiger partial charge is 0.492 e. The van der Waals surface area contributed by atoms with Crippen LogP contribution in [0.4, 0.5) is 0 Å². The Morgan fingerprint density at radius 2 is 2.15 bits per heavy atom. The van der Waals surface area contributed by atoms with E-state index in [1.165, 1.54) is 0 Å². The standard InChI is InChI=1S/C17H25NO2/c1-4-18(14-15(2)3)10-12-20-17-9-5-7-16(13-17)8-6-11-19/h5,7,9,13,15,19H,4,10-12,14H2,1-3H3. The van der Waals surface area contributed by atoms with E-state index < -0.39 is 0 Å². The van der Waals surface area contributed by atoms with Crippen LogP contribution >= 0.6 is 0 Å². The zero-order valence-corrected chi connectivity index (χ0v) is 12.7. The molecule has 0 heterocycles. The molecule has 0 atom stereocenters. The lowest BCUT2D eigenvalue weighted by Gasteiger charge is -2.22. The Balaban J connectivity index is 2.45. The van der Waals surface area contributed by atoms with Crippen LogP contribution < -0.4 is 4.74 Å². The van der Waals surface area contributed by atoms with Gasteiger partial charge >= 0.3 is 0 Å². The predicted octanol–water partition coefficient (Wildman–Crippen LogP) is 2.39. The van der Waals surface area contributed by atoms with Gasteiger partial charge in [0.15, 0.2) is 0 Å². The van der Waals surface area contributed by atoms with Gasteiger partial charge in [0.05, 0.1) is 0 Å². The molecule has 1 aromatic rings. The Morgan fingerprint density at radius 1 is 1.35 bits per heavy atom. The summed E-state index contributed by atoms with van der Waals surface area (Å²) in [5.41, 5.74) is 0.867. The molecule has 3 nitrogen and oxygen atoms in total. The van der Waals surface area contributed by atoms with Crippen LogP contribution in [0.15, 0.2) is 24.3 Å². The van der Waals surface area contributed by atoms with Gasteiger partial charge in [-0.25, -0.2) is 0 Å². The Labute approximate surface area is 122 Å². The molecule has 0 amide bonds. The third-order valence-electron chi connectivity index (χ3n) is 2.89. The zero-order valence-electron chi connectivity index (χ0n) is 12.7. The van der Waals surface area contributed by atoms with Gasteiger partial charge in [-0.15, -0.1) is 0 Å². The van der Waals surface area contributed by atoms with Crippen molar-refractivity contribution in [2.45, 2.75) is 20.8 Å². The molecular formula is C17H25NO2. The summed E-state index contributed by atoms with van der Waals surface area (Å²) in [5.74, 6) is 7.02. The number of aliphatic hydroxyl groups excluding tert-OH is 1. The van der Waals surface area contributed by atoms with E-state index in [1.54, 1.807) is 0 Å². The minimum atomic E-state index is -0.119. The molecule has 1 rings (SSSR count). The maximum atomic E-state index is 8.69. The Kier molecular flexibility index (Phi) is 7.79. The van der Waals surface area contributed by atoms with E-state index >= 15 is 0 Å². The zero-order chi connectivity index (χ0) is 14.8. The molecule has 1 N–H and O–H groups in total. The Bertz CT molecular complexity index is 446. The number of ether oxygens (including phenoxy) is 1. The van der Waals surface area contributed by atoms with E-state index in [0.29, 0.717) is 12.5 Å². The lowest BCUT2D eigenvalue weighted by Crippen LogP contribution is -2.31. The van der Waals surface area contributed by atoms with Crippen molar-refractivity contribution in [3.8, 4) is 17.6 Å². The normalized spacial score (nSPS) is 10.5. The highest BCUT2D eigenvalue weighted by Gasteiger charge is 2.05. The highest BCUT2D eigenvalue weighted by Crippen LogP contribution is 2.12. The van der Waals surface area contributed by atoms with Gasteiger partial charge in [-0.05, 0) is 30.7 Å². The topological polar surface area (TPSA) is 32.7 Å². The fourth-order valence-electron chi connectivity index (χ4n) is 1.99. The number of nitrogens with zero attached hydrogens (tertiary/aromatic N) is 1. The highest BCUT2D eigenvalue weighted by atomic mass is 16.5. The van der Waals surface area contributed by atoms with Crippen LogP contribution in [0, 0.1) is 17.8 Å². The molecule has 0 aliphatic carbocycles. The first-order chi connectivity index (χ1) is 9.65. The third-order valence-corrected chi connectivity index (χ3v) is 2.89. The summed E-state index contributed by atoms with van der Waals surface area (Å²) >= 11 is 0. The molecule has 0 aliphatic heterocycles. The molecule has 0 radical (unpaired) electrons. The maximum absolute atomic E-state index is 8.69. The van der Waals surface area contributed by atoms with Crippen molar-refractivity contribution >= 4 is 0 Å². The molecule has 1 aromatic carbocycles. The van der Waals surface area contributed by atoms with Crippen molar-refractivity contribution in [2.24, 2.45) is 5.92 Å². The molecule has 0 aliphatic rings. The quantitative estimate of drug-likeness (QED) is 0.776. The van der Waals surface area contributed by atoms with Crippen LogP contribution in [0.5, 0.6) is 5.75 Å². The molecule has 3 heteroatoms. The monoisotopic (exact) mass is 275 g/mol. The van der Waals surface area contributed by atoms with Gasteiger partial charge in [0, 0.05) is 18.7 Å². The van der Waals surface area contributed by atoms with Gasteiger partial charge in [-0.1, -0.05) is 38.7 Å². The summed E-state index contributed by atoms with van der Waals surface area (Å²) < 4.78 is 5.77. The van der Waals surface area contributed by atoms with E-state index in [1.807, 2.05) is 24.3 Å². The van der Waals surface area contributed by atoms with Gasteiger partial charge in [0.1, 0.15) is 19.0 Å². The summed E-state index contributed by atoms with van der Waals surface area (Å²) in [7, 11) is 0. The van der Waals surface area contributed by atoms with Crippen LogP contribution in [0.3, 0.4) is 0 Å². The van der Waals surface area contributed by atoms with Crippen LogP contribution in [0.2, 0.25) is 0 Å². The number of benzene rings is 1. The predicted molar refractivity (Wildman–Crippen MR) is 82.9 cm³/mol. The molecule has 0 saturated carbocycles. The van der Waals surface area contributed by atoms with Gasteiger partial charge in [-0.3, -0.25) is 4.90 Å². The molecule has 0 unspecified atom stereocenters. The fourth-order valence-corrected chi connectivity index (χ4v) is 1.99. The Hall–Kier alpha value is -1.50. The van der Waals surface area contributed by atoms with Crippen LogP contribution in [0.25, 0.3) is 0 Å². The molecule has 20 heavy (non-hydrogen) atoms. The molecule has 0 bridgehead atoms. The minimum absolute atomic E-state index is 0.119. The number of hydrogen-bond acceptors (Lipinski definition) is 3. The first kappa shape index (κ1) is 16.6. The second kappa shape index (κ2) is 9.41. The number of rotatable bonds is 7. The minimum Gasteiger partial charge on any atom is -0.492 e. The Morgan fingerprint density at radius 3 is 2.80 bits per heavy atom. The third kappa shape index (κ3) is 6.60. The van der Waals surface area contributed by atoms with Gasteiger partial charge in [0.25, 0.3) is 0 Å². The fraction of sp³-hybridized carbons (Fsp3) is 0.529. The van der Waals surface area contributed by atoms with E-state index in [4.69, 9.17) is 9.84 Å². The van der Waals surface area contributed by atoms with Gasteiger partial charge < -0.3 is 9.84 Å². The summed E-state index contributed by atoms with van der Waals surface area (Å²) in [6, 6.07) is 7.67. The van der Waals surface area contributed by atoms with Crippen molar-refractivity contribution in [1.82, 2.24) is 4.90 Å². The molecule has 0 aromatic heterocycles. The molecule has 0 saturated heterocycles. The van der Waals surface area contributed by atoms with Crippen LogP contribution in [-0.4, -0.2) is 42.9 Å². The number of hydrogen-bond donors (Lipinski definition) is 1. The smallest absolute Gasteiger partial charge is 0.120 e. The first-order valence-corrected chi connectivity index (χ1v) is 7.20. The average Bonchev–Trinajstić information content (AvgIpc) is 2.44. The van der Waals surface area contributed by atoms with Crippen molar-refractivity contribution in [3.63, 3.8) is 0 Å². The first-order valence-electron chi connectivity index (χ1n) is 7.20. The van der Waals surface area contributed by atoms with Gasteiger partial charge in [0.2, 0.25) is 0 Å². The SMILES string of the molecule is CCN(CCOc1cccc(C#CCO)c1)CC(C)C. The molecule has 0 fully saturated rings. The van der Waals surface area contributed by atoms with Crippen LogP contribution in [0.1, 0.15) is 26.3 Å². The van der Waals surface area contributed by atoms with E-state index in [2.05, 4.69) is 37.5 Å². The van der Waals surface area contributed by atoms with Crippen molar-refractivity contribution in [3.05, 3.63) is 29.8 Å². The summed E-state index contributed by atoms with van der Waals surface area (Å²) in [6.07, 6.45) is 0. The lowest BCUT2D eigenvalue weighted by molar-refractivity contribution is 0.200. The van der Waals surface area contributed by atoms with E-state index in [0.717, 1.165) is 30.9 Å². The molecule has 110 valence electrons. The summed E-state index contributed by atoms with van der Waals surface area (Å²) in [4.78, 5) is 2.39. The van der Waals surface area contributed by atoms with E-state index in [-0.39, 0.29) is 6.61 Å². The summed E-state index contributed by atoms with van der Waals surface area (Å²) in [5, 5.41) is 8.69. The highest BCUT2D eigenvalue weighted by molar-refractivity contribution is 5.39. The number of likely N-dealkylation sites (N-methyl/N-ethyl adjacent to an activating group) is 1. The summed E-state index contributed by atoms with van der Waals surface area (Å²) in [6.45, 7) is 10.3. The van der Waals surface area contributed by atoms with Crippen molar-refractivity contribution in [1.29, 1.82) is 0 Å². The average molecular weight is 275 g/mol. The van der Waals surface area contributed by atoms with E-state index in [9.17, 15) is 0 Å². The molecule has 0 spiro atoms. The number of aliphatic hydroxyl groups is 1.